The maximum absolute atomic E-state index is 4.05. The summed E-state index contributed by atoms with van der Waals surface area (Å²) in [4.78, 5) is 1.23. The summed E-state index contributed by atoms with van der Waals surface area (Å²) in [5.74, 6) is 1.50. The molecule has 2 rings (SSSR count). The monoisotopic (exact) mass is 329 g/mol. The van der Waals surface area contributed by atoms with Crippen molar-refractivity contribution in [1.82, 2.24) is 25.5 Å². The van der Waals surface area contributed by atoms with Crippen LogP contribution in [0.25, 0.3) is 0 Å². The fourth-order valence-corrected chi connectivity index (χ4v) is 2.98. The topological polar surface area (TPSA) is 55.6 Å². The first-order valence-electron chi connectivity index (χ1n) is 5.84. The van der Waals surface area contributed by atoms with Crippen molar-refractivity contribution in [3.8, 4) is 0 Å². The molecule has 2 aromatic rings. The highest BCUT2D eigenvalue weighted by molar-refractivity contribution is 9.10. The summed E-state index contributed by atoms with van der Waals surface area (Å²) in [6.07, 6.45) is 0. The van der Waals surface area contributed by atoms with Crippen molar-refractivity contribution in [2.45, 2.75) is 26.9 Å². The Morgan fingerprint density at radius 1 is 1.50 bits per heavy atom. The van der Waals surface area contributed by atoms with Crippen LogP contribution >= 0.6 is 27.3 Å². The maximum atomic E-state index is 4.05. The third kappa shape index (κ3) is 3.60. The van der Waals surface area contributed by atoms with Gasteiger partial charge in [-0.1, -0.05) is 13.8 Å². The summed E-state index contributed by atoms with van der Waals surface area (Å²) in [5.41, 5.74) is 0. The van der Waals surface area contributed by atoms with E-state index in [0.717, 1.165) is 16.8 Å². The van der Waals surface area contributed by atoms with E-state index >= 15 is 0 Å². The molecule has 1 N–H and O–H groups in total. The van der Waals surface area contributed by atoms with E-state index in [1.165, 1.54) is 4.88 Å². The molecule has 5 nitrogen and oxygen atoms in total. The minimum atomic E-state index is 0.626. The maximum Gasteiger partial charge on any atom is 0.165 e. The zero-order valence-electron chi connectivity index (χ0n) is 10.4. The predicted octanol–water partition coefficient (Wildman–Crippen LogP) is 2.29. The third-order valence-electron chi connectivity index (χ3n) is 2.43. The molecule has 2 aromatic heterocycles. The Morgan fingerprint density at radius 2 is 2.33 bits per heavy atom. The van der Waals surface area contributed by atoms with Gasteiger partial charge >= 0.3 is 0 Å². The summed E-state index contributed by atoms with van der Waals surface area (Å²) in [5, 5.41) is 17.2. The van der Waals surface area contributed by atoms with E-state index in [1.54, 1.807) is 11.3 Å². The van der Waals surface area contributed by atoms with Gasteiger partial charge in [-0.05, 0) is 50.3 Å². The Hall–Kier alpha value is -0.790. The molecule has 2 heterocycles. The first-order chi connectivity index (χ1) is 8.66. The van der Waals surface area contributed by atoms with Crippen LogP contribution in [0.2, 0.25) is 0 Å². The minimum absolute atomic E-state index is 0.626. The average molecular weight is 330 g/mol. The van der Waals surface area contributed by atoms with Gasteiger partial charge in [0.1, 0.15) is 0 Å². The standard InChI is InChI=1S/C11H16BrN5S/c1-8(2)5-13-6-11-14-15-16-17(11)7-10-9(12)3-4-18-10/h3-4,8,13H,5-7H2,1-2H3. The van der Waals surface area contributed by atoms with Crippen molar-refractivity contribution in [2.24, 2.45) is 5.92 Å². The molecule has 98 valence electrons. The zero-order chi connectivity index (χ0) is 13.0. The Bertz CT molecular complexity index is 493. The lowest BCUT2D eigenvalue weighted by Crippen LogP contribution is -2.22. The summed E-state index contributed by atoms with van der Waals surface area (Å²) in [7, 11) is 0. The number of halogens is 1. The minimum Gasteiger partial charge on any atom is -0.310 e. The zero-order valence-corrected chi connectivity index (χ0v) is 12.8. The quantitative estimate of drug-likeness (QED) is 0.883. The molecule has 0 bridgehead atoms. The van der Waals surface area contributed by atoms with E-state index in [4.69, 9.17) is 0 Å². The van der Waals surface area contributed by atoms with Crippen molar-refractivity contribution in [3.05, 3.63) is 26.6 Å². The first-order valence-corrected chi connectivity index (χ1v) is 7.51. The summed E-state index contributed by atoms with van der Waals surface area (Å²) >= 11 is 5.22. The van der Waals surface area contributed by atoms with Gasteiger partial charge in [0, 0.05) is 9.35 Å². The van der Waals surface area contributed by atoms with Crippen LogP contribution in [0.15, 0.2) is 15.9 Å². The number of hydrogen-bond donors (Lipinski definition) is 1. The van der Waals surface area contributed by atoms with Crippen molar-refractivity contribution in [3.63, 3.8) is 0 Å². The highest BCUT2D eigenvalue weighted by Crippen LogP contribution is 2.23. The van der Waals surface area contributed by atoms with E-state index in [1.807, 2.05) is 10.7 Å². The van der Waals surface area contributed by atoms with E-state index < -0.39 is 0 Å². The second-order valence-electron chi connectivity index (χ2n) is 4.47. The lowest BCUT2D eigenvalue weighted by molar-refractivity contribution is 0.523. The number of aromatic nitrogens is 4. The summed E-state index contributed by atoms with van der Waals surface area (Å²) in [6.45, 7) is 6.74. The Morgan fingerprint density at radius 3 is 3.00 bits per heavy atom. The van der Waals surface area contributed by atoms with Gasteiger partial charge in [-0.2, -0.15) is 0 Å². The first kappa shape index (κ1) is 13.6. The molecule has 0 aliphatic heterocycles. The van der Waals surface area contributed by atoms with E-state index in [2.05, 4.69) is 56.0 Å². The van der Waals surface area contributed by atoms with E-state index in [-0.39, 0.29) is 0 Å². The fourth-order valence-electron chi connectivity index (χ4n) is 1.52. The second-order valence-corrected chi connectivity index (χ2v) is 6.32. The number of nitrogens with zero attached hydrogens (tertiary/aromatic N) is 4. The van der Waals surface area contributed by atoms with Crippen molar-refractivity contribution < 1.29 is 0 Å². The highest BCUT2D eigenvalue weighted by Gasteiger charge is 2.09. The van der Waals surface area contributed by atoms with Gasteiger partial charge in [0.25, 0.3) is 0 Å². The van der Waals surface area contributed by atoms with Crippen molar-refractivity contribution in [1.29, 1.82) is 0 Å². The molecule has 0 atom stereocenters. The van der Waals surface area contributed by atoms with Gasteiger partial charge < -0.3 is 5.32 Å². The number of hydrogen-bond acceptors (Lipinski definition) is 5. The van der Waals surface area contributed by atoms with Crippen molar-refractivity contribution >= 4 is 27.3 Å². The van der Waals surface area contributed by atoms with E-state index in [0.29, 0.717) is 19.0 Å². The van der Waals surface area contributed by atoms with Gasteiger partial charge in [-0.15, -0.1) is 16.4 Å². The van der Waals surface area contributed by atoms with Crippen LogP contribution in [-0.4, -0.2) is 26.8 Å². The molecule has 0 amide bonds. The molecule has 0 aliphatic rings. The molecule has 0 unspecified atom stereocenters. The highest BCUT2D eigenvalue weighted by atomic mass is 79.9. The van der Waals surface area contributed by atoms with Crippen LogP contribution in [0.5, 0.6) is 0 Å². The van der Waals surface area contributed by atoms with Gasteiger partial charge in [0.15, 0.2) is 5.82 Å². The molecule has 0 saturated heterocycles. The van der Waals surface area contributed by atoms with Gasteiger partial charge in [-0.3, -0.25) is 0 Å². The summed E-state index contributed by atoms with van der Waals surface area (Å²) in [6, 6.07) is 2.04. The van der Waals surface area contributed by atoms with Crippen LogP contribution in [-0.2, 0) is 13.1 Å². The lowest BCUT2D eigenvalue weighted by atomic mass is 10.2. The van der Waals surface area contributed by atoms with E-state index in [9.17, 15) is 0 Å². The molecule has 0 aromatic carbocycles. The average Bonchev–Trinajstić information content (AvgIpc) is 2.90. The molecule has 0 saturated carbocycles. The number of tetrazole rings is 1. The summed E-state index contributed by atoms with van der Waals surface area (Å²) < 4.78 is 2.95. The normalized spacial score (nSPS) is 11.3. The molecule has 7 heteroatoms. The smallest absolute Gasteiger partial charge is 0.165 e. The van der Waals surface area contributed by atoms with Crippen molar-refractivity contribution in [2.75, 3.05) is 6.54 Å². The Labute approximate surface area is 119 Å². The van der Waals surface area contributed by atoms with Crippen LogP contribution in [0.4, 0.5) is 0 Å². The molecular formula is C11H16BrN5S. The number of thiophene rings is 1. The largest absolute Gasteiger partial charge is 0.310 e. The SMILES string of the molecule is CC(C)CNCc1nnnn1Cc1sccc1Br. The van der Waals surface area contributed by atoms with Gasteiger partial charge in [0.2, 0.25) is 0 Å². The third-order valence-corrected chi connectivity index (χ3v) is 4.34. The van der Waals surface area contributed by atoms with Crippen LogP contribution in [0, 0.1) is 5.92 Å². The molecule has 0 aliphatic carbocycles. The fraction of sp³-hybridized carbons (Fsp3) is 0.545. The second kappa shape index (κ2) is 6.40. The molecule has 0 spiro atoms. The molecule has 18 heavy (non-hydrogen) atoms. The van der Waals surface area contributed by atoms with Gasteiger partial charge in [-0.25, -0.2) is 4.68 Å². The molecule has 0 fully saturated rings. The van der Waals surface area contributed by atoms with Crippen LogP contribution in [0.3, 0.4) is 0 Å². The number of rotatable bonds is 6. The predicted molar refractivity (Wildman–Crippen MR) is 75.5 cm³/mol. The Kier molecular flexibility index (Phi) is 4.85. The molecular weight excluding hydrogens is 314 g/mol. The van der Waals surface area contributed by atoms with Crippen LogP contribution in [0.1, 0.15) is 24.5 Å². The van der Waals surface area contributed by atoms with Crippen LogP contribution < -0.4 is 5.32 Å². The molecule has 0 radical (unpaired) electrons. The number of nitrogens with one attached hydrogen (secondary N) is 1. The van der Waals surface area contributed by atoms with Gasteiger partial charge in [0.05, 0.1) is 13.1 Å². The lowest BCUT2D eigenvalue weighted by Gasteiger charge is -2.07. The Balaban J connectivity index is 1.97.